The monoisotopic (exact) mass is 276 g/mol. The second-order valence-corrected chi connectivity index (χ2v) is 4.42. The lowest BCUT2D eigenvalue weighted by Crippen LogP contribution is -2.08. The van der Waals surface area contributed by atoms with Gasteiger partial charge in [-0.05, 0) is 18.2 Å². The highest BCUT2D eigenvalue weighted by Gasteiger charge is 2.33. The lowest BCUT2D eigenvalue weighted by atomic mass is 10.1. The van der Waals surface area contributed by atoms with Gasteiger partial charge in [-0.1, -0.05) is 23.6 Å². The normalized spacial score (nSPS) is 10.7. The minimum Gasteiger partial charge on any atom is -0.288 e. The Morgan fingerprint density at radius 3 is 2.61 bits per heavy atom. The standard InChI is InChI=1S/C12H8F4OS/c1-8(17)18-6-2-3-9-4-5-10(13)7-11(9)12(14,15)16/h4-5,7H,6H2,1H3. The molecule has 0 heterocycles. The molecule has 0 saturated heterocycles. The molecule has 0 aliphatic heterocycles. The smallest absolute Gasteiger partial charge is 0.288 e. The lowest BCUT2D eigenvalue weighted by molar-refractivity contribution is -0.138. The van der Waals surface area contributed by atoms with Crippen LogP contribution in [0.25, 0.3) is 0 Å². The average molecular weight is 276 g/mol. The van der Waals surface area contributed by atoms with Crippen LogP contribution in [0.5, 0.6) is 0 Å². The Bertz CT molecular complexity index is 511. The highest BCUT2D eigenvalue weighted by atomic mass is 32.2. The first kappa shape index (κ1) is 14.6. The van der Waals surface area contributed by atoms with Crippen LogP contribution in [-0.2, 0) is 11.0 Å². The van der Waals surface area contributed by atoms with Crippen molar-refractivity contribution in [2.45, 2.75) is 13.1 Å². The molecule has 1 aromatic carbocycles. The van der Waals surface area contributed by atoms with E-state index in [9.17, 15) is 22.4 Å². The molecule has 1 rings (SSSR count). The van der Waals surface area contributed by atoms with Gasteiger partial charge in [0.2, 0.25) is 0 Å². The second-order valence-electron chi connectivity index (χ2n) is 3.27. The summed E-state index contributed by atoms with van der Waals surface area (Å²) in [4.78, 5) is 10.6. The third kappa shape index (κ3) is 4.41. The van der Waals surface area contributed by atoms with E-state index in [2.05, 4.69) is 11.8 Å². The van der Waals surface area contributed by atoms with Crippen molar-refractivity contribution in [3.63, 3.8) is 0 Å². The van der Waals surface area contributed by atoms with E-state index in [1.165, 1.54) is 6.92 Å². The summed E-state index contributed by atoms with van der Waals surface area (Å²) in [5.41, 5.74) is -1.41. The van der Waals surface area contributed by atoms with E-state index in [0.717, 1.165) is 23.9 Å². The molecule has 0 amide bonds. The van der Waals surface area contributed by atoms with Crippen molar-refractivity contribution in [3.8, 4) is 11.8 Å². The molecule has 6 heteroatoms. The average Bonchev–Trinajstić information content (AvgIpc) is 2.24. The van der Waals surface area contributed by atoms with Crippen LogP contribution in [0, 0.1) is 17.7 Å². The molecule has 0 aliphatic rings. The number of benzene rings is 1. The van der Waals surface area contributed by atoms with Crippen molar-refractivity contribution in [1.82, 2.24) is 0 Å². The summed E-state index contributed by atoms with van der Waals surface area (Å²) in [6, 6.07) is 2.29. The summed E-state index contributed by atoms with van der Waals surface area (Å²) in [7, 11) is 0. The fourth-order valence-electron chi connectivity index (χ4n) is 1.13. The van der Waals surface area contributed by atoms with Crippen molar-refractivity contribution < 1.29 is 22.4 Å². The number of carbonyl (C=O) groups excluding carboxylic acids is 1. The molecular weight excluding hydrogens is 268 g/mol. The summed E-state index contributed by atoms with van der Waals surface area (Å²) in [6.07, 6.45) is -4.65. The van der Waals surface area contributed by atoms with E-state index < -0.39 is 17.6 Å². The third-order valence-corrected chi connectivity index (χ3v) is 2.55. The zero-order valence-electron chi connectivity index (χ0n) is 9.27. The second kappa shape index (κ2) is 5.91. The summed E-state index contributed by atoms with van der Waals surface area (Å²) < 4.78 is 50.5. The van der Waals surface area contributed by atoms with Gasteiger partial charge in [0.1, 0.15) is 5.82 Å². The van der Waals surface area contributed by atoms with E-state index in [0.29, 0.717) is 6.07 Å². The molecule has 0 atom stereocenters. The number of halogens is 4. The first-order valence-electron chi connectivity index (χ1n) is 4.79. The number of hydrogen-bond acceptors (Lipinski definition) is 2. The molecule has 0 spiro atoms. The Morgan fingerprint density at radius 1 is 1.39 bits per heavy atom. The van der Waals surface area contributed by atoms with E-state index in [4.69, 9.17) is 0 Å². The first-order valence-corrected chi connectivity index (χ1v) is 5.78. The quantitative estimate of drug-likeness (QED) is 0.577. The van der Waals surface area contributed by atoms with E-state index >= 15 is 0 Å². The predicted molar refractivity (Wildman–Crippen MR) is 61.4 cm³/mol. The zero-order chi connectivity index (χ0) is 13.8. The van der Waals surface area contributed by atoms with Crippen LogP contribution in [0.3, 0.4) is 0 Å². The molecule has 96 valence electrons. The molecule has 0 unspecified atom stereocenters. The summed E-state index contributed by atoms with van der Waals surface area (Å²) >= 11 is 0.899. The van der Waals surface area contributed by atoms with E-state index in [-0.39, 0.29) is 16.4 Å². The van der Waals surface area contributed by atoms with Crippen LogP contribution in [-0.4, -0.2) is 10.9 Å². The van der Waals surface area contributed by atoms with Gasteiger partial charge in [0.05, 0.1) is 11.3 Å². The first-order chi connectivity index (χ1) is 8.30. The SMILES string of the molecule is CC(=O)SCC#Cc1ccc(F)cc1C(F)(F)F. The fraction of sp³-hybridized carbons (Fsp3) is 0.250. The number of thioether (sulfide) groups is 1. The van der Waals surface area contributed by atoms with Crippen LogP contribution >= 0.6 is 11.8 Å². The summed E-state index contributed by atoms with van der Waals surface area (Å²) in [6.45, 7) is 1.34. The van der Waals surface area contributed by atoms with Gasteiger partial charge in [-0.2, -0.15) is 13.2 Å². The van der Waals surface area contributed by atoms with Gasteiger partial charge in [0.15, 0.2) is 5.12 Å². The molecule has 18 heavy (non-hydrogen) atoms. The maximum atomic E-state index is 12.8. The highest BCUT2D eigenvalue weighted by molar-refractivity contribution is 8.13. The van der Waals surface area contributed by atoms with Crippen molar-refractivity contribution in [2.24, 2.45) is 0 Å². The largest absolute Gasteiger partial charge is 0.417 e. The van der Waals surface area contributed by atoms with Gasteiger partial charge in [-0.15, -0.1) is 0 Å². The third-order valence-electron chi connectivity index (χ3n) is 1.86. The van der Waals surface area contributed by atoms with Crippen molar-refractivity contribution in [2.75, 3.05) is 5.75 Å². The van der Waals surface area contributed by atoms with E-state index in [1.54, 1.807) is 0 Å². The van der Waals surface area contributed by atoms with Gasteiger partial charge in [-0.3, -0.25) is 4.79 Å². The number of hydrogen-bond donors (Lipinski definition) is 0. The van der Waals surface area contributed by atoms with Gasteiger partial charge >= 0.3 is 6.18 Å². The van der Waals surface area contributed by atoms with Crippen LogP contribution < -0.4 is 0 Å². The van der Waals surface area contributed by atoms with Gasteiger partial charge in [0, 0.05) is 12.5 Å². The molecule has 0 saturated carbocycles. The molecule has 0 radical (unpaired) electrons. The molecule has 0 aromatic heterocycles. The van der Waals surface area contributed by atoms with Crippen molar-refractivity contribution in [3.05, 3.63) is 35.1 Å². The van der Waals surface area contributed by atoms with Crippen LogP contribution in [0.15, 0.2) is 18.2 Å². The lowest BCUT2D eigenvalue weighted by Gasteiger charge is -2.08. The maximum Gasteiger partial charge on any atom is 0.417 e. The van der Waals surface area contributed by atoms with Gasteiger partial charge in [-0.25, -0.2) is 4.39 Å². The summed E-state index contributed by atoms with van der Waals surface area (Å²) in [5, 5.41) is -0.167. The zero-order valence-corrected chi connectivity index (χ0v) is 10.1. The van der Waals surface area contributed by atoms with Crippen LogP contribution in [0.1, 0.15) is 18.1 Å². The molecule has 0 N–H and O–H groups in total. The predicted octanol–water partition coefficient (Wildman–Crippen LogP) is 3.48. The fourth-order valence-corrected chi connectivity index (χ4v) is 1.48. The number of alkyl halides is 3. The maximum absolute atomic E-state index is 12.8. The van der Waals surface area contributed by atoms with Gasteiger partial charge in [0.25, 0.3) is 0 Å². The Labute approximate surface area is 106 Å². The van der Waals surface area contributed by atoms with Crippen LogP contribution in [0.4, 0.5) is 17.6 Å². The Balaban J connectivity index is 2.98. The van der Waals surface area contributed by atoms with Crippen LogP contribution in [0.2, 0.25) is 0 Å². The minimum absolute atomic E-state index is 0.101. The minimum atomic E-state index is -4.65. The summed E-state index contributed by atoms with van der Waals surface area (Å²) in [5.74, 6) is 3.86. The number of rotatable bonds is 1. The molecule has 0 aliphatic carbocycles. The molecular formula is C12H8F4OS. The van der Waals surface area contributed by atoms with Gasteiger partial charge < -0.3 is 0 Å². The Kier molecular flexibility index (Phi) is 4.79. The topological polar surface area (TPSA) is 17.1 Å². The molecule has 1 aromatic rings. The van der Waals surface area contributed by atoms with Crippen molar-refractivity contribution in [1.29, 1.82) is 0 Å². The molecule has 1 nitrogen and oxygen atoms in total. The molecule has 0 bridgehead atoms. The van der Waals surface area contributed by atoms with E-state index in [1.807, 2.05) is 0 Å². The Hall–Kier alpha value is -1.48. The Morgan fingerprint density at radius 2 is 2.06 bits per heavy atom. The highest BCUT2D eigenvalue weighted by Crippen LogP contribution is 2.32. The van der Waals surface area contributed by atoms with Crippen molar-refractivity contribution >= 4 is 16.9 Å². The number of carbonyl (C=O) groups is 1. The molecule has 0 fully saturated rings.